The van der Waals surface area contributed by atoms with E-state index >= 15 is 0 Å². The number of hydrogen-bond acceptors (Lipinski definition) is 8. The van der Waals surface area contributed by atoms with E-state index in [1.807, 2.05) is 55.5 Å². The highest BCUT2D eigenvalue weighted by Gasteiger charge is 2.17. The number of nitrogens with two attached hydrogens (primary N) is 1. The second-order valence-corrected chi connectivity index (χ2v) is 7.27. The Hall–Kier alpha value is -4.32. The largest absolute Gasteiger partial charge is 0.493 e. The van der Waals surface area contributed by atoms with Gasteiger partial charge in [-0.05, 0) is 48.4 Å². The van der Waals surface area contributed by atoms with Gasteiger partial charge in [-0.2, -0.15) is 15.3 Å². The number of nitrogen functional groups attached to an aromatic ring is 1. The third-order valence-electron chi connectivity index (χ3n) is 5.16. The molecule has 2 aromatic carbocycles. The number of rotatable bonds is 7. The lowest BCUT2D eigenvalue weighted by molar-refractivity contribution is 0.354. The van der Waals surface area contributed by atoms with Crippen molar-refractivity contribution in [1.29, 1.82) is 5.26 Å². The van der Waals surface area contributed by atoms with E-state index in [4.69, 9.17) is 25.0 Å². The number of anilines is 1. The number of hydrogen-bond donors (Lipinski definition) is 1. The number of benzene rings is 2. The van der Waals surface area contributed by atoms with E-state index in [0.29, 0.717) is 34.6 Å². The van der Waals surface area contributed by atoms with Gasteiger partial charge in [0.1, 0.15) is 17.5 Å². The van der Waals surface area contributed by atoms with E-state index in [9.17, 15) is 0 Å². The SMILES string of the molecule is COc1ccc(CC(C)c2noc(-c3ccc(-n4ncc(C#N)c4N)cc3)n2)cc1OC. The van der Waals surface area contributed by atoms with E-state index < -0.39 is 0 Å². The predicted molar refractivity (Wildman–Crippen MR) is 118 cm³/mol. The summed E-state index contributed by atoms with van der Waals surface area (Å²) >= 11 is 0. The first-order chi connectivity index (χ1) is 15.5. The molecule has 0 spiro atoms. The molecule has 0 aliphatic carbocycles. The molecule has 0 saturated carbocycles. The van der Waals surface area contributed by atoms with Crippen LogP contribution in [0.4, 0.5) is 5.82 Å². The lowest BCUT2D eigenvalue weighted by Crippen LogP contribution is -2.02. The Morgan fingerprint density at radius 3 is 2.53 bits per heavy atom. The number of ether oxygens (including phenoxy) is 2. The molecule has 0 aliphatic rings. The molecule has 1 unspecified atom stereocenters. The van der Waals surface area contributed by atoms with E-state index in [1.165, 1.54) is 10.9 Å². The molecule has 4 rings (SSSR count). The first kappa shape index (κ1) is 20.9. The Kier molecular flexibility index (Phi) is 5.77. The van der Waals surface area contributed by atoms with Crippen LogP contribution in [0.2, 0.25) is 0 Å². The fourth-order valence-corrected chi connectivity index (χ4v) is 3.40. The Morgan fingerprint density at radius 2 is 1.88 bits per heavy atom. The zero-order valence-corrected chi connectivity index (χ0v) is 17.9. The summed E-state index contributed by atoms with van der Waals surface area (Å²) in [6.45, 7) is 2.04. The fourth-order valence-electron chi connectivity index (χ4n) is 3.40. The normalized spacial score (nSPS) is 11.7. The Labute approximate surface area is 185 Å². The van der Waals surface area contributed by atoms with Crippen molar-refractivity contribution >= 4 is 5.82 Å². The summed E-state index contributed by atoms with van der Waals surface area (Å²) in [5.74, 6) is 2.76. The van der Waals surface area contributed by atoms with Gasteiger partial charge in [0.25, 0.3) is 5.89 Å². The first-order valence-corrected chi connectivity index (χ1v) is 9.93. The molecular formula is C23H22N6O3. The molecule has 9 heteroatoms. The lowest BCUT2D eigenvalue weighted by atomic mass is 10.00. The fraction of sp³-hybridized carbons (Fsp3) is 0.217. The van der Waals surface area contributed by atoms with Crippen LogP contribution in [-0.4, -0.2) is 34.1 Å². The average Bonchev–Trinajstić information content (AvgIpc) is 3.46. The molecule has 2 N–H and O–H groups in total. The van der Waals surface area contributed by atoms with Crippen molar-refractivity contribution in [2.24, 2.45) is 0 Å². The molecule has 162 valence electrons. The van der Waals surface area contributed by atoms with E-state index in [2.05, 4.69) is 15.2 Å². The summed E-state index contributed by atoms with van der Waals surface area (Å²) in [5.41, 5.74) is 8.87. The van der Waals surface area contributed by atoms with E-state index in [0.717, 1.165) is 23.2 Å². The van der Waals surface area contributed by atoms with Crippen LogP contribution in [0.5, 0.6) is 11.5 Å². The average molecular weight is 430 g/mol. The topological polar surface area (TPSA) is 125 Å². The van der Waals surface area contributed by atoms with Crippen LogP contribution >= 0.6 is 0 Å². The van der Waals surface area contributed by atoms with Crippen LogP contribution in [0.25, 0.3) is 17.1 Å². The van der Waals surface area contributed by atoms with Gasteiger partial charge in [-0.15, -0.1) is 0 Å². The van der Waals surface area contributed by atoms with Gasteiger partial charge in [-0.1, -0.05) is 18.1 Å². The Bertz CT molecular complexity index is 1270. The third-order valence-corrected chi connectivity index (χ3v) is 5.16. The third kappa shape index (κ3) is 3.98. The lowest BCUT2D eigenvalue weighted by Gasteiger charge is -2.11. The van der Waals surface area contributed by atoms with Crippen LogP contribution < -0.4 is 15.2 Å². The van der Waals surface area contributed by atoms with Crippen LogP contribution in [0.1, 0.15) is 29.8 Å². The monoisotopic (exact) mass is 430 g/mol. The van der Waals surface area contributed by atoms with E-state index in [1.54, 1.807) is 14.2 Å². The first-order valence-electron chi connectivity index (χ1n) is 9.93. The molecule has 0 saturated heterocycles. The van der Waals surface area contributed by atoms with Crippen molar-refractivity contribution in [2.45, 2.75) is 19.3 Å². The smallest absolute Gasteiger partial charge is 0.257 e. The van der Waals surface area contributed by atoms with Crippen molar-refractivity contribution in [3.63, 3.8) is 0 Å². The number of nitriles is 1. The van der Waals surface area contributed by atoms with Crippen LogP contribution in [-0.2, 0) is 6.42 Å². The number of nitrogens with zero attached hydrogens (tertiary/aromatic N) is 5. The summed E-state index contributed by atoms with van der Waals surface area (Å²) in [5, 5.41) is 17.3. The summed E-state index contributed by atoms with van der Waals surface area (Å²) in [6.07, 6.45) is 2.16. The van der Waals surface area contributed by atoms with Crippen LogP contribution in [0.15, 0.2) is 53.2 Å². The molecule has 9 nitrogen and oxygen atoms in total. The molecule has 32 heavy (non-hydrogen) atoms. The van der Waals surface area contributed by atoms with Gasteiger partial charge in [0, 0.05) is 11.5 Å². The molecule has 0 aliphatic heterocycles. The minimum absolute atomic E-state index is 0.0400. The highest BCUT2D eigenvalue weighted by Crippen LogP contribution is 2.30. The Morgan fingerprint density at radius 1 is 1.12 bits per heavy atom. The molecule has 0 amide bonds. The minimum Gasteiger partial charge on any atom is -0.493 e. The van der Waals surface area contributed by atoms with Gasteiger partial charge < -0.3 is 19.7 Å². The summed E-state index contributed by atoms with van der Waals surface area (Å²) in [6, 6.07) is 15.2. The van der Waals surface area contributed by atoms with Crippen LogP contribution in [0.3, 0.4) is 0 Å². The van der Waals surface area contributed by atoms with Crippen molar-refractivity contribution < 1.29 is 14.0 Å². The zero-order chi connectivity index (χ0) is 22.7. The second-order valence-electron chi connectivity index (χ2n) is 7.27. The highest BCUT2D eigenvalue weighted by atomic mass is 16.5. The van der Waals surface area contributed by atoms with Crippen LogP contribution in [0, 0.1) is 11.3 Å². The van der Waals surface area contributed by atoms with Crippen molar-refractivity contribution in [3.05, 3.63) is 65.6 Å². The quantitative estimate of drug-likeness (QED) is 0.470. The second kappa shape index (κ2) is 8.81. The predicted octanol–water partition coefficient (Wildman–Crippen LogP) is 3.74. The maximum atomic E-state index is 9.04. The van der Waals surface area contributed by atoms with E-state index in [-0.39, 0.29) is 5.92 Å². The maximum Gasteiger partial charge on any atom is 0.257 e. The molecule has 0 bridgehead atoms. The molecular weight excluding hydrogens is 408 g/mol. The van der Waals surface area contributed by atoms with Crippen molar-refractivity contribution in [1.82, 2.24) is 19.9 Å². The number of aromatic nitrogens is 4. The molecule has 2 aromatic heterocycles. The zero-order valence-electron chi connectivity index (χ0n) is 17.9. The molecule has 4 aromatic rings. The molecule has 2 heterocycles. The van der Waals surface area contributed by atoms with Gasteiger partial charge in [0.05, 0.1) is 26.1 Å². The molecule has 0 radical (unpaired) electrons. The maximum absolute atomic E-state index is 9.04. The van der Waals surface area contributed by atoms with Crippen molar-refractivity contribution in [3.8, 4) is 34.7 Å². The van der Waals surface area contributed by atoms with Gasteiger partial charge >= 0.3 is 0 Å². The summed E-state index contributed by atoms with van der Waals surface area (Å²) in [4.78, 5) is 4.57. The van der Waals surface area contributed by atoms with Gasteiger partial charge in [0.15, 0.2) is 17.3 Å². The summed E-state index contributed by atoms with van der Waals surface area (Å²) < 4.78 is 17.7. The Balaban J connectivity index is 1.50. The summed E-state index contributed by atoms with van der Waals surface area (Å²) in [7, 11) is 3.23. The van der Waals surface area contributed by atoms with Crippen molar-refractivity contribution in [2.75, 3.05) is 20.0 Å². The molecule has 0 fully saturated rings. The van der Waals surface area contributed by atoms with Gasteiger partial charge in [0.2, 0.25) is 0 Å². The molecule has 1 atom stereocenters. The van der Waals surface area contributed by atoms with Gasteiger partial charge in [-0.3, -0.25) is 0 Å². The standard InChI is InChI=1S/C23H22N6O3/c1-14(10-15-4-9-19(30-2)20(11-15)31-3)22-27-23(32-28-22)16-5-7-18(8-6-16)29-21(25)17(12-24)13-26-29/h4-9,11,13-14H,10,25H2,1-3H3. The highest BCUT2D eigenvalue weighted by molar-refractivity contribution is 5.58. The minimum atomic E-state index is 0.0400. The van der Waals surface area contributed by atoms with Gasteiger partial charge in [-0.25, -0.2) is 4.68 Å². The number of methoxy groups -OCH3 is 2.